The van der Waals surface area contributed by atoms with E-state index in [4.69, 9.17) is 0 Å². The molecule has 2 amide bonds. The molecule has 0 radical (unpaired) electrons. The third-order valence-electron chi connectivity index (χ3n) is 4.83. The number of hydrogen-bond acceptors (Lipinski definition) is 3. The zero-order chi connectivity index (χ0) is 18.8. The van der Waals surface area contributed by atoms with Crippen molar-refractivity contribution in [3.05, 3.63) is 59.2 Å². The Balaban J connectivity index is 1.71. The lowest BCUT2D eigenvalue weighted by molar-refractivity contribution is -0.122. The van der Waals surface area contributed by atoms with Crippen LogP contribution in [0.25, 0.3) is 0 Å². The van der Waals surface area contributed by atoms with Crippen LogP contribution >= 0.6 is 0 Å². The second-order valence-electron chi connectivity index (χ2n) is 6.80. The number of anilines is 2. The molecule has 0 saturated carbocycles. The fourth-order valence-corrected chi connectivity index (χ4v) is 3.09. The van der Waals surface area contributed by atoms with Crippen molar-refractivity contribution in [3.63, 3.8) is 0 Å². The van der Waals surface area contributed by atoms with Gasteiger partial charge in [-0.3, -0.25) is 14.4 Å². The van der Waals surface area contributed by atoms with Crippen LogP contribution in [0.2, 0.25) is 0 Å². The Bertz CT molecular complexity index is 889. The van der Waals surface area contributed by atoms with Gasteiger partial charge in [0.25, 0.3) is 0 Å². The Labute approximate surface area is 153 Å². The van der Waals surface area contributed by atoms with E-state index in [0.29, 0.717) is 17.8 Å². The van der Waals surface area contributed by atoms with Crippen molar-refractivity contribution in [2.24, 2.45) is 5.92 Å². The molecular formula is C21H22N2O3. The van der Waals surface area contributed by atoms with Gasteiger partial charge in [0, 0.05) is 29.9 Å². The molecule has 0 aliphatic carbocycles. The molecular weight excluding hydrogens is 328 g/mol. The van der Waals surface area contributed by atoms with Crippen LogP contribution in [-0.2, 0) is 9.59 Å². The van der Waals surface area contributed by atoms with Crippen molar-refractivity contribution in [2.45, 2.75) is 27.2 Å². The number of rotatable bonds is 4. The van der Waals surface area contributed by atoms with Crippen molar-refractivity contribution in [3.8, 4) is 0 Å². The van der Waals surface area contributed by atoms with Crippen LogP contribution in [0.1, 0.15) is 34.8 Å². The van der Waals surface area contributed by atoms with E-state index in [1.54, 1.807) is 29.2 Å². The summed E-state index contributed by atoms with van der Waals surface area (Å²) < 4.78 is 0. The minimum atomic E-state index is -0.412. The summed E-state index contributed by atoms with van der Waals surface area (Å²) >= 11 is 0. The average molecular weight is 350 g/mol. The number of nitrogens with zero attached hydrogens (tertiary/aromatic N) is 1. The SMILES string of the molecule is CC(=O)c1cccc(NC(=O)[C@H]2CC(=O)N(c3ccc(C)c(C)c3)C2)c1. The molecule has 1 aliphatic rings. The van der Waals surface area contributed by atoms with E-state index in [-0.39, 0.29) is 24.0 Å². The van der Waals surface area contributed by atoms with Gasteiger partial charge in [0.05, 0.1) is 5.92 Å². The molecule has 5 heteroatoms. The molecule has 3 rings (SSSR count). The summed E-state index contributed by atoms with van der Waals surface area (Å²) in [6.07, 6.45) is 0.186. The van der Waals surface area contributed by atoms with Gasteiger partial charge in [-0.25, -0.2) is 0 Å². The molecule has 26 heavy (non-hydrogen) atoms. The first kappa shape index (κ1) is 17.9. The Morgan fingerprint density at radius 3 is 2.54 bits per heavy atom. The fourth-order valence-electron chi connectivity index (χ4n) is 3.09. The summed E-state index contributed by atoms with van der Waals surface area (Å²) in [6.45, 7) is 5.87. The maximum absolute atomic E-state index is 12.6. The molecule has 5 nitrogen and oxygen atoms in total. The topological polar surface area (TPSA) is 66.5 Å². The summed E-state index contributed by atoms with van der Waals surface area (Å²) in [7, 11) is 0. The van der Waals surface area contributed by atoms with Gasteiger partial charge >= 0.3 is 0 Å². The number of carbonyl (C=O) groups excluding carboxylic acids is 3. The zero-order valence-electron chi connectivity index (χ0n) is 15.2. The lowest BCUT2D eigenvalue weighted by atomic mass is 10.1. The van der Waals surface area contributed by atoms with Gasteiger partial charge in [-0.15, -0.1) is 0 Å². The van der Waals surface area contributed by atoms with Gasteiger partial charge in [0.15, 0.2) is 5.78 Å². The predicted octanol–water partition coefficient (Wildman–Crippen LogP) is 3.50. The fraction of sp³-hybridized carbons (Fsp3) is 0.286. The number of hydrogen-bond donors (Lipinski definition) is 1. The number of nitrogens with one attached hydrogen (secondary N) is 1. The largest absolute Gasteiger partial charge is 0.326 e. The van der Waals surface area contributed by atoms with Gasteiger partial charge in [-0.1, -0.05) is 18.2 Å². The van der Waals surface area contributed by atoms with E-state index in [0.717, 1.165) is 11.3 Å². The highest BCUT2D eigenvalue weighted by Crippen LogP contribution is 2.27. The molecule has 134 valence electrons. The number of amides is 2. The standard InChI is InChI=1S/C21H22N2O3/c1-13-7-8-19(9-14(13)2)23-12-17(11-20(23)25)21(26)22-18-6-4-5-16(10-18)15(3)24/h4-10,17H,11-12H2,1-3H3,(H,22,26)/t17-/m0/s1. The molecule has 2 aromatic rings. The van der Waals surface area contributed by atoms with Crippen molar-refractivity contribution >= 4 is 29.0 Å². The minimum absolute atomic E-state index is 0.0501. The van der Waals surface area contributed by atoms with Crippen LogP contribution in [0, 0.1) is 19.8 Å². The number of aryl methyl sites for hydroxylation is 2. The van der Waals surface area contributed by atoms with Crippen LogP contribution in [0.3, 0.4) is 0 Å². The number of ketones is 1. The molecule has 0 unspecified atom stereocenters. The van der Waals surface area contributed by atoms with Crippen molar-refractivity contribution in [2.75, 3.05) is 16.8 Å². The number of Topliss-reactive ketones (excluding diaryl/α,β-unsaturated/α-hetero) is 1. The lowest BCUT2D eigenvalue weighted by Gasteiger charge is -2.18. The smallest absolute Gasteiger partial charge is 0.229 e. The zero-order valence-corrected chi connectivity index (χ0v) is 15.2. The average Bonchev–Trinajstić information content (AvgIpc) is 2.99. The molecule has 1 heterocycles. The highest BCUT2D eigenvalue weighted by molar-refractivity contribution is 6.04. The Kier molecular flexibility index (Phi) is 4.89. The van der Waals surface area contributed by atoms with Gasteiger partial charge in [0.2, 0.25) is 11.8 Å². The first-order valence-electron chi connectivity index (χ1n) is 8.64. The lowest BCUT2D eigenvalue weighted by Crippen LogP contribution is -2.28. The molecule has 0 bridgehead atoms. The molecule has 1 fully saturated rings. The van der Waals surface area contributed by atoms with E-state index in [1.807, 2.05) is 32.0 Å². The first-order chi connectivity index (χ1) is 12.3. The third kappa shape index (κ3) is 3.67. The van der Waals surface area contributed by atoms with Gasteiger partial charge < -0.3 is 10.2 Å². The quantitative estimate of drug-likeness (QED) is 0.858. The predicted molar refractivity (Wildman–Crippen MR) is 101 cm³/mol. The van der Waals surface area contributed by atoms with Crippen LogP contribution in [0.15, 0.2) is 42.5 Å². The summed E-state index contributed by atoms with van der Waals surface area (Å²) in [5, 5.41) is 2.82. The summed E-state index contributed by atoms with van der Waals surface area (Å²) in [6, 6.07) is 12.7. The third-order valence-corrected chi connectivity index (χ3v) is 4.83. The van der Waals surface area contributed by atoms with Crippen molar-refractivity contribution < 1.29 is 14.4 Å². The first-order valence-corrected chi connectivity index (χ1v) is 8.64. The number of benzene rings is 2. The number of carbonyl (C=O) groups is 3. The molecule has 0 aromatic heterocycles. The second kappa shape index (κ2) is 7.12. The van der Waals surface area contributed by atoms with Crippen molar-refractivity contribution in [1.29, 1.82) is 0 Å². The van der Waals surface area contributed by atoms with Crippen LogP contribution in [0.4, 0.5) is 11.4 Å². The summed E-state index contributed by atoms with van der Waals surface area (Å²) in [5.74, 6) is -0.723. The van der Waals surface area contributed by atoms with E-state index >= 15 is 0 Å². The molecule has 1 atom stereocenters. The second-order valence-corrected chi connectivity index (χ2v) is 6.80. The maximum Gasteiger partial charge on any atom is 0.229 e. The highest BCUT2D eigenvalue weighted by atomic mass is 16.2. The summed E-state index contributed by atoms with van der Waals surface area (Å²) in [5.41, 5.74) is 4.22. The van der Waals surface area contributed by atoms with Gasteiger partial charge in [0.1, 0.15) is 0 Å². The summed E-state index contributed by atoms with van der Waals surface area (Å²) in [4.78, 5) is 38.1. The van der Waals surface area contributed by atoms with Crippen LogP contribution < -0.4 is 10.2 Å². The molecule has 0 spiro atoms. The Morgan fingerprint density at radius 1 is 1.08 bits per heavy atom. The molecule has 1 aliphatic heterocycles. The molecule has 1 saturated heterocycles. The monoisotopic (exact) mass is 350 g/mol. The maximum atomic E-state index is 12.6. The minimum Gasteiger partial charge on any atom is -0.326 e. The van der Waals surface area contributed by atoms with E-state index < -0.39 is 5.92 Å². The molecule has 2 aromatic carbocycles. The van der Waals surface area contributed by atoms with Crippen LogP contribution in [-0.4, -0.2) is 24.1 Å². The Morgan fingerprint density at radius 2 is 1.85 bits per heavy atom. The van der Waals surface area contributed by atoms with E-state index in [1.165, 1.54) is 12.5 Å². The van der Waals surface area contributed by atoms with Crippen LogP contribution in [0.5, 0.6) is 0 Å². The van der Waals surface area contributed by atoms with E-state index in [2.05, 4.69) is 5.32 Å². The molecule has 1 N–H and O–H groups in total. The van der Waals surface area contributed by atoms with E-state index in [9.17, 15) is 14.4 Å². The van der Waals surface area contributed by atoms with Gasteiger partial charge in [-0.05, 0) is 56.2 Å². The van der Waals surface area contributed by atoms with Crippen molar-refractivity contribution in [1.82, 2.24) is 0 Å². The normalized spacial score (nSPS) is 16.7. The Hall–Kier alpha value is -2.95. The van der Waals surface area contributed by atoms with Gasteiger partial charge in [-0.2, -0.15) is 0 Å². The highest BCUT2D eigenvalue weighted by Gasteiger charge is 2.35.